The Labute approximate surface area is 95.6 Å². The van der Waals surface area contributed by atoms with E-state index in [0.29, 0.717) is 12.2 Å². The van der Waals surface area contributed by atoms with E-state index in [9.17, 15) is 0 Å². The zero-order valence-electron chi connectivity index (χ0n) is 11.3. The van der Waals surface area contributed by atoms with Gasteiger partial charge >= 0.3 is 0 Å². The Hall–Kier alpha value is -0.0800. The van der Waals surface area contributed by atoms with E-state index < -0.39 is 0 Å². The maximum atomic E-state index is 2.69. The van der Waals surface area contributed by atoms with Crippen LogP contribution in [0.3, 0.4) is 0 Å². The Bertz CT molecular complexity index is 189. The highest BCUT2D eigenvalue weighted by molar-refractivity contribution is 4.90. The summed E-state index contributed by atoms with van der Waals surface area (Å²) in [6.45, 7) is 16.5. The summed E-state index contributed by atoms with van der Waals surface area (Å²) in [4.78, 5) is 5.34. The van der Waals surface area contributed by atoms with Crippen LogP contribution in [0.15, 0.2) is 0 Å². The molecule has 1 fully saturated rings. The Kier molecular flexibility index (Phi) is 4.60. The molecule has 90 valence electrons. The number of rotatable bonds is 4. The van der Waals surface area contributed by atoms with Crippen molar-refractivity contribution in [2.75, 3.05) is 13.1 Å². The smallest absolute Gasteiger partial charge is 0.0651 e. The van der Waals surface area contributed by atoms with Gasteiger partial charge in [0, 0.05) is 18.6 Å². The Balaban J connectivity index is 2.78. The summed E-state index contributed by atoms with van der Waals surface area (Å²) in [7, 11) is 0. The molecule has 2 atom stereocenters. The molecule has 15 heavy (non-hydrogen) atoms. The fourth-order valence-corrected chi connectivity index (χ4v) is 2.86. The second-order valence-electron chi connectivity index (χ2n) is 5.54. The van der Waals surface area contributed by atoms with Crippen LogP contribution < -0.4 is 0 Å². The lowest BCUT2D eigenvalue weighted by Crippen LogP contribution is -2.46. The molecule has 0 aromatic heterocycles. The summed E-state index contributed by atoms with van der Waals surface area (Å²) in [6.07, 6.45) is 1.92. The largest absolute Gasteiger partial charge is 0.284 e. The van der Waals surface area contributed by atoms with Gasteiger partial charge in [-0.2, -0.15) is 0 Å². The zero-order valence-corrected chi connectivity index (χ0v) is 11.3. The molecule has 0 radical (unpaired) electrons. The topological polar surface area (TPSA) is 6.48 Å². The molecular formula is C13H28N2. The van der Waals surface area contributed by atoms with Crippen LogP contribution in [0.25, 0.3) is 0 Å². The van der Waals surface area contributed by atoms with Gasteiger partial charge in [-0.15, -0.1) is 0 Å². The SMILES string of the molecule is CCCN1C(C(C)C)N(C(C)C)C[C@@H]1C. The molecule has 0 amide bonds. The summed E-state index contributed by atoms with van der Waals surface area (Å²) >= 11 is 0. The van der Waals surface area contributed by atoms with Gasteiger partial charge in [0.05, 0.1) is 6.17 Å². The van der Waals surface area contributed by atoms with E-state index in [4.69, 9.17) is 0 Å². The third kappa shape index (κ3) is 2.73. The van der Waals surface area contributed by atoms with Gasteiger partial charge in [-0.1, -0.05) is 20.8 Å². The van der Waals surface area contributed by atoms with Gasteiger partial charge < -0.3 is 0 Å². The fraction of sp³-hybridized carbons (Fsp3) is 1.00. The minimum Gasteiger partial charge on any atom is -0.284 e. The molecule has 0 bridgehead atoms. The number of nitrogens with zero attached hydrogens (tertiary/aromatic N) is 2. The summed E-state index contributed by atoms with van der Waals surface area (Å²) in [5, 5.41) is 0. The highest BCUT2D eigenvalue weighted by atomic mass is 15.4. The van der Waals surface area contributed by atoms with Crippen LogP contribution in [0.4, 0.5) is 0 Å². The van der Waals surface area contributed by atoms with Crippen molar-refractivity contribution in [3.05, 3.63) is 0 Å². The van der Waals surface area contributed by atoms with Gasteiger partial charge in [-0.05, 0) is 39.7 Å². The quantitative estimate of drug-likeness (QED) is 0.707. The monoisotopic (exact) mass is 212 g/mol. The summed E-state index contributed by atoms with van der Waals surface area (Å²) in [5.41, 5.74) is 0. The maximum absolute atomic E-state index is 2.69. The summed E-state index contributed by atoms with van der Waals surface area (Å²) < 4.78 is 0. The molecule has 2 nitrogen and oxygen atoms in total. The number of hydrogen-bond donors (Lipinski definition) is 0. The average molecular weight is 212 g/mol. The first-order valence-corrected chi connectivity index (χ1v) is 6.50. The average Bonchev–Trinajstić information content (AvgIpc) is 2.45. The van der Waals surface area contributed by atoms with Crippen LogP contribution in [0.1, 0.15) is 48.0 Å². The third-order valence-corrected chi connectivity index (χ3v) is 3.46. The van der Waals surface area contributed by atoms with E-state index in [1.54, 1.807) is 0 Å². The van der Waals surface area contributed by atoms with Crippen molar-refractivity contribution in [3.63, 3.8) is 0 Å². The van der Waals surface area contributed by atoms with Crippen molar-refractivity contribution >= 4 is 0 Å². The first-order chi connectivity index (χ1) is 6.99. The lowest BCUT2D eigenvalue weighted by atomic mass is 10.1. The molecule has 0 saturated carbocycles. The molecule has 0 N–H and O–H groups in total. The highest BCUT2D eigenvalue weighted by Gasteiger charge is 2.38. The zero-order chi connectivity index (χ0) is 11.6. The first-order valence-electron chi connectivity index (χ1n) is 6.50. The molecule has 1 rings (SSSR count). The van der Waals surface area contributed by atoms with E-state index in [-0.39, 0.29) is 0 Å². The van der Waals surface area contributed by atoms with Crippen LogP contribution in [0.5, 0.6) is 0 Å². The maximum Gasteiger partial charge on any atom is 0.0651 e. The third-order valence-electron chi connectivity index (χ3n) is 3.46. The van der Waals surface area contributed by atoms with E-state index in [1.807, 2.05) is 0 Å². The predicted octanol–water partition coefficient (Wildman–Crippen LogP) is 2.79. The Morgan fingerprint density at radius 2 is 1.80 bits per heavy atom. The van der Waals surface area contributed by atoms with Gasteiger partial charge in [0.25, 0.3) is 0 Å². The minimum absolute atomic E-state index is 0.653. The fourth-order valence-electron chi connectivity index (χ4n) is 2.86. The molecule has 1 aliphatic heterocycles. The molecule has 2 heteroatoms. The summed E-state index contributed by atoms with van der Waals surface area (Å²) in [6, 6.07) is 1.39. The lowest BCUT2D eigenvalue weighted by molar-refractivity contribution is 0.0637. The van der Waals surface area contributed by atoms with Crippen LogP contribution in [0, 0.1) is 5.92 Å². The second-order valence-corrected chi connectivity index (χ2v) is 5.54. The minimum atomic E-state index is 0.653. The molecule has 0 aromatic carbocycles. The van der Waals surface area contributed by atoms with E-state index in [0.717, 1.165) is 12.0 Å². The van der Waals surface area contributed by atoms with Gasteiger partial charge in [0.2, 0.25) is 0 Å². The first kappa shape index (κ1) is 13.0. The van der Waals surface area contributed by atoms with Crippen molar-refractivity contribution in [2.24, 2.45) is 5.92 Å². The predicted molar refractivity (Wildman–Crippen MR) is 66.9 cm³/mol. The van der Waals surface area contributed by atoms with Gasteiger partial charge in [0.1, 0.15) is 0 Å². The Morgan fingerprint density at radius 3 is 2.20 bits per heavy atom. The standard InChI is InChI=1S/C13H28N2/c1-7-8-14-12(6)9-15(11(4)5)13(14)10(2)3/h10-13H,7-9H2,1-6H3/t12-,13?/m0/s1. The van der Waals surface area contributed by atoms with Gasteiger partial charge in [-0.25, -0.2) is 0 Å². The Morgan fingerprint density at radius 1 is 1.20 bits per heavy atom. The van der Waals surface area contributed by atoms with Gasteiger partial charge in [-0.3, -0.25) is 9.80 Å². The van der Waals surface area contributed by atoms with Crippen molar-refractivity contribution < 1.29 is 0 Å². The highest BCUT2D eigenvalue weighted by Crippen LogP contribution is 2.27. The molecular weight excluding hydrogens is 184 g/mol. The van der Waals surface area contributed by atoms with Crippen molar-refractivity contribution in [2.45, 2.75) is 66.2 Å². The lowest BCUT2D eigenvalue weighted by Gasteiger charge is -2.36. The van der Waals surface area contributed by atoms with Crippen LogP contribution in [-0.4, -0.2) is 41.1 Å². The number of hydrogen-bond acceptors (Lipinski definition) is 2. The molecule has 1 unspecified atom stereocenters. The van der Waals surface area contributed by atoms with Crippen molar-refractivity contribution in [3.8, 4) is 0 Å². The normalized spacial score (nSPS) is 29.6. The molecule has 0 spiro atoms. The van der Waals surface area contributed by atoms with Crippen LogP contribution >= 0.6 is 0 Å². The van der Waals surface area contributed by atoms with E-state index in [1.165, 1.54) is 19.5 Å². The molecule has 1 saturated heterocycles. The second kappa shape index (κ2) is 5.31. The van der Waals surface area contributed by atoms with Gasteiger partial charge in [0.15, 0.2) is 0 Å². The molecule has 1 heterocycles. The van der Waals surface area contributed by atoms with Crippen LogP contribution in [-0.2, 0) is 0 Å². The van der Waals surface area contributed by atoms with E-state index >= 15 is 0 Å². The molecule has 1 aliphatic rings. The molecule has 0 aliphatic carbocycles. The van der Waals surface area contributed by atoms with Crippen molar-refractivity contribution in [1.29, 1.82) is 0 Å². The van der Waals surface area contributed by atoms with E-state index in [2.05, 4.69) is 51.3 Å². The molecule has 0 aromatic rings. The summed E-state index contributed by atoms with van der Waals surface area (Å²) in [5.74, 6) is 0.726. The van der Waals surface area contributed by atoms with Crippen LogP contribution in [0.2, 0.25) is 0 Å². The van der Waals surface area contributed by atoms with Crippen molar-refractivity contribution in [1.82, 2.24) is 9.80 Å².